The average Bonchev–Trinajstić information content (AvgIpc) is 3.10. The Balaban J connectivity index is 2.23. The third-order valence-electron chi connectivity index (χ3n) is 5.28. The number of benzene rings is 2. The average molecular weight is 394 g/mol. The van der Waals surface area contributed by atoms with Crippen LogP contribution in [0.5, 0.6) is 0 Å². The van der Waals surface area contributed by atoms with Gasteiger partial charge in [0.05, 0.1) is 14.1 Å². The summed E-state index contributed by atoms with van der Waals surface area (Å²) in [6.45, 7) is 14.2. The van der Waals surface area contributed by atoms with Crippen LogP contribution in [0.3, 0.4) is 0 Å². The van der Waals surface area contributed by atoms with E-state index in [4.69, 9.17) is 0 Å². The molecule has 2 aromatic rings. The Morgan fingerprint density at radius 1 is 0.815 bits per heavy atom. The van der Waals surface area contributed by atoms with Crippen molar-refractivity contribution in [1.29, 1.82) is 0 Å². The van der Waals surface area contributed by atoms with Gasteiger partial charge >= 0.3 is 0 Å². The van der Waals surface area contributed by atoms with Crippen LogP contribution in [0.2, 0.25) is 19.6 Å². The van der Waals surface area contributed by atoms with Crippen molar-refractivity contribution in [2.24, 2.45) is 0 Å². The molecule has 3 heteroatoms. The highest BCUT2D eigenvalue weighted by Crippen LogP contribution is 2.51. The van der Waals surface area contributed by atoms with Crippen LogP contribution in [0.1, 0.15) is 13.8 Å². The van der Waals surface area contributed by atoms with Gasteiger partial charge < -0.3 is 0 Å². The van der Waals surface area contributed by atoms with Gasteiger partial charge in [-0.05, 0) is 36.9 Å². The third kappa shape index (κ3) is 4.34. The van der Waals surface area contributed by atoms with Crippen LogP contribution in [0, 0.1) is 0 Å². The first kappa shape index (κ1) is 20.3. The topological polar surface area (TPSA) is 3.24 Å². The monoisotopic (exact) mass is 393 g/mol. The maximum atomic E-state index is 2.61. The summed E-state index contributed by atoms with van der Waals surface area (Å²) in [5.41, 5.74) is 0. The molecule has 0 radical (unpaired) electrons. The molecule has 0 spiro atoms. The van der Waals surface area contributed by atoms with E-state index in [1.165, 1.54) is 10.6 Å². The van der Waals surface area contributed by atoms with Crippen LogP contribution in [0.15, 0.2) is 83.3 Å². The molecular weight excluding hydrogens is 361 g/mol. The number of rotatable bonds is 7. The Labute approximate surface area is 167 Å². The molecule has 1 aliphatic carbocycles. The lowest BCUT2D eigenvalue weighted by atomic mass is 10.2. The van der Waals surface area contributed by atoms with Gasteiger partial charge in [-0.25, -0.2) is 0 Å². The molecule has 0 amide bonds. The third-order valence-corrected chi connectivity index (χ3v) is 10.2. The Morgan fingerprint density at radius 3 is 1.70 bits per heavy atom. The van der Waals surface area contributed by atoms with E-state index < -0.39 is 16.0 Å². The summed E-state index contributed by atoms with van der Waals surface area (Å²) in [6, 6.07) is 22.7. The Hall–Kier alpha value is -1.47. The molecule has 0 aliphatic heterocycles. The number of hydrogen-bond acceptors (Lipinski definition) is 1. The molecule has 0 N–H and O–H groups in total. The molecule has 0 saturated carbocycles. The molecule has 0 aromatic heterocycles. The molecule has 0 saturated heterocycles. The zero-order valence-corrected chi connectivity index (χ0v) is 19.2. The fraction of sp³-hybridized carbons (Fsp3) is 0.333. The molecular formula is C24H32NPSi. The van der Waals surface area contributed by atoms with Crippen LogP contribution in [0.4, 0.5) is 0 Å². The Kier molecular flexibility index (Phi) is 6.52. The van der Waals surface area contributed by atoms with E-state index in [0.29, 0.717) is 6.04 Å². The largest absolute Gasteiger partial charge is 0.293 e. The standard InChI is InChI=1S/C24H32NPSi/c1-6-25(7-2)22-18-19-23(27(3,4)5)24(22)26(20-14-10-8-11-15-20)21-16-12-9-13-17-21/h8-19,22H,6-7H2,1-5H3. The lowest BCUT2D eigenvalue weighted by Gasteiger charge is -2.34. The predicted octanol–water partition coefficient (Wildman–Crippen LogP) is 5.53. The van der Waals surface area contributed by atoms with Crippen LogP contribution < -0.4 is 10.6 Å². The van der Waals surface area contributed by atoms with Crippen molar-refractivity contribution in [3.8, 4) is 0 Å². The maximum absolute atomic E-state index is 2.61. The van der Waals surface area contributed by atoms with Crippen molar-refractivity contribution in [2.45, 2.75) is 39.5 Å². The van der Waals surface area contributed by atoms with Gasteiger partial charge in [0.15, 0.2) is 0 Å². The molecule has 0 heterocycles. The first-order chi connectivity index (χ1) is 13.0. The number of allylic oxidation sites excluding steroid dienone is 2. The zero-order chi connectivity index (χ0) is 19.4. The smallest absolute Gasteiger partial charge is 0.0781 e. The molecule has 1 unspecified atom stereocenters. The van der Waals surface area contributed by atoms with Gasteiger partial charge in [-0.3, -0.25) is 4.90 Å². The molecule has 1 aliphatic rings. The molecule has 3 rings (SSSR count). The normalized spacial score (nSPS) is 17.4. The van der Waals surface area contributed by atoms with Crippen LogP contribution >= 0.6 is 7.92 Å². The van der Waals surface area contributed by atoms with Gasteiger partial charge in [0.2, 0.25) is 0 Å². The van der Waals surface area contributed by atoms with Crippen molar-refractivity contribution in [2.75, 3.05) is 13.1 Å². The minimum atomic E-state index is -1.45. The second-order valence-corrected chi connectivity index (χ2v) is 15.3. The molecule has 0 bridgehead atoms. The fourth-order valence-electron chi connectivity index (χ4n) is 3.90. The van der Waals surface area contributed by atoms with Crippen molar-refractivity contribution >= 4 is 26.6 Å². The summed E-state index contributed by atoms with van der Waals surface area (Å²) in [6.07, 6.45) is 4.93. The number of hydrogen-bond donors (Lipinski definition) is 0. The quantitative estimate of drug-likeness (QED) is 0.441. The van der Waals surface area contributed by atoms with Gasteiger partial charge in [-0.2, -0.15) is 0 Å². The first-order valence-electron chi connectivity index (χ1n) is 10.0. The molecule has 2 aromatic carbocycles. The fourth-order valence-corrected chi connectivity index (χ4v) is 9.38. The van der Waals surface area contributed by atoms with E-state index in [9.17, 15) is 0 Å². The highest BCUT2D eigenvalue weighted by atomic mass is 31.1. The Bertz CT molecular complexity index is 762. The van der Waals surface area contributed by atoms with E-state index >= 15 is 0 Å². The van der Waals surface area contributed by atoms with E-state index in [1.807, 2.05) is 0 Å². The highest BCUT2D eigenvalue weighted by Gasteiger charge is 2.36. The van der Waals surface area contributed by atoms with E-state index in [0.717, 1.165) is 13.1 Å². The second-order valence-electron chi connectivity index (χ2n) is 8.08. The summed E-state index contributed by atoms with van der Waals surface area (Å²) < 4.78 is 0. The zero-order valence-electron chi connectivity index (χ0n) is 17.3. The van der Waals surface area contributed by atoms with Crippen molar-refractivity contribution in [3.05, 3.63) is 83.3 Å². The first-order valence-corrected chi connectivity index (χ1v) is 14.9. The highest BCUT2D eigenvalue weighted by molar-refractivity contribution is 7.77. The van der Waals surface area contributed by atoms with Gasteiger partial charge in [-0.1, -0.05) is 112 Å². The predicted molar refractivity (Wildman–Crippen MR) is 125 cm³/mol. The van der Waals surface area contributed by atoms with Crippen LogP contribution in [-0.2, 0) is 0 Å². The molecule has 27 heavy (non-hydrogen) atoms. The Morgan fingerprint density at radius 2 is 1.30 bits per heavy atom. The minimum absolute atomic E-state index is 0.424. The van der Waals surface area contributed by atoms with E-state index in [-0.39, 0.29) is 0 Å². The number of nitrogens with zero attached hydrogens (tertiary/aromatic N) is 1. The van der Waals surface area contributed by atoms with Gasteiger partial charge in [-0.15, -0.1) is 0 Å². The molecule has 1 nitrogen and oxygen atoms in total. The lowest BCUT2D eigenvalue weighted by molar-refractivity contribution is 0.287. The molecule has 0 fully saturated rings. The molecule has 142 valence electrons. The summed E-state index contributed by atoms with van der Waals surface area (Å²) in [5, 5.41) is 6.25. The van der Waals surface area contributed by atoms with Gasteiger partial charge in [0.1, 0.15) is 0 Å². The number of likely N-dealkylation sites (N-methyl/N-ethyl adjacent to an activating group) is 1. The van der Waals surface area contributed by atoms with Crippen LogP contribution in [0.25, 0.3) is 0 Å². The maximum Gasteiger partial charge on any atom is 0.0781 e. The van der Waals surface area contributed by atoms with Crippen molar-refractivity contribution in [3.63, 3.8) is 0 Å². The SMILES string of the molecule is CCN(CC)C1C=CC([Si](C)(C)C)=C1P(c1ccccc1)c1ccccc1. The summed E-state index contributed by atoms with van der Waals surface area (Å²) in [5.74, 6) is 0. The van der Waals surface area contributed by atoms with Gasteiger partial charge in [0, 0.05) is 0 Å². The summed E-state index contributed by atoms with van der Waals surface area (Å²) in [4.78, 5) is 2.61. The lowest BCUT2D eigenvalue weighted by Crippen LogP contribution is -2.36. The van der Waals surface area contributed by atoms with Gasteiger partial charge in [0.25, 0.3) is 0 Å². The molecule has 1 atom stereocenters. The van der Waals surface area contributed by atoms with Crippen LogP contribution in [-0.4, -0.2) is 32.1 Å². The summed E-state index contributed by atoms with van der Waals surface area (Å²) in [7, 11) is -1.98. The van der Waals surface area contributed by atoms with Crippen molar-refractivity contribution < 1.29 is 0 Å². The van der Waals surface area contributed by atoms with E-state index in [2.05, 4.69) is 111 Å². The second kappa shape index (κ2) is 8.69. The minimum Gasteiger partial charge on any atom is -0.293 e. The summed E-state index contributed by atoms with van der Waals surface area (Å²) >= 11 is 0. The van der Waals surface area contributed by atoms with E-state index in [1.54, 1.807) is 10.5 Å². The van der Waals surface area contributed by atoms with Crippen molar-refractivity contribution in [1.82, 2.24) is 4.90 Å².